The first kappa shape index (κ1) is 15.3. The number of piperidine rings is 1. The highest BCUT2D eigenvalue weighted by atomic mass is 16.5. The van der Waals surface area contributed by atoms with Gasteiger partial charge in [-0.15, -0.1) is 0 Å². The highest BCUT2D eigenvalue weighted by Crippen LogP contribution is 2.26. The average molecular weight is 307 g/mol. The minimum atomic E-state index is 0.0953. The van der Waals surface area contributed by atoms with Crippen LogP contribution >= 0.6 is 0 Å². The van der Waals surface area contributed by atoms with Gasteiger partial charge in [-0.1, -0.05) is 0 Å². The minimum absolute atomic E-state index is 0.0953. The number of hydrogen-bond donors (Lipinski definition) is 2. The standard InChI is InChI=1S/C15H25N5O2/c1-22-10-9-19-7-3-12(4-8-19)15(21)18-13-11-17-20-6-2-5-16-14(13)20/h11-12,16H,2-10H2,1H3,(H,18,21). The van der Waals surface area contributed by atoms with Crippen LogP contribution in [0.2, 0.25) is 0 Å². The number of nitrogens with one attached hydrogen (secondary N) is 2. The van der Waals surface area contributed by atoms with E-state index in [0.717, 1.165) is 70.1 Å². The summed E-state index contributed by atoms with van der Waals surface area (Å²) in [4.78, 5) is 14.8. The predicted octanol–water partition coefficient (Wildman–Crippen LogP) is 0.996. The lowest BCUT2D eigenvalue weighted by molar-refractivity contribution is -0.121. The van der Waals surface area contributed by atoms with Crippen LogP contribution < -0.4 is 10.6 Å². The van der Waals surface area contributed by atoms with Crippen molar-refractivity contribution in [2.24, 2.45) is 5.92 Å². The Balaban J connectivity index is 1.52. The molecule has 0 saturated carbocycles. The Bertz CT molecular complexity index is 508. The van der Waals surface area contributed by atoms with E-state index in [9.17, 15) is 4.79 Å². The Hall–Kier alpha value is -1.60. The molecule has 7 nitrogen and oxygen atoms in total. The second-order valence-electron chi connectivity index (χ2n) is 6.01. The third-order valence-electron chi connectivity index (χ3n) is 4.51. The zero-order chi connectivity index (χ0) is 15.4. The lowest BCUT2D eigenvalue weighted by atomic mass is 9.96. The number of ether oxygens (including phenoxy) is 1. The molecule has 2 aliphatic rings. The number of methoxy groups -OCH3 is 1. The van der Waals surface area contributed by atoms with Gasteiger partial charge in [-0.05, 0) is 32.4 Å². The molecule has 0 spiro atoms. The normalized spacial score (nSPS) is 19.5. The topological polar surface area (TPSA) is 71.4 Å². The minimum Gasteiger partial charge on any atom is -0.383 e. The molecule has 0 aliphatic carbocycles. The van der Waals surface area contributed by atoms with Crippen molar-refractivity contribution in [2.45, 2.75) is 25.8 Å². The second-order valence-corrected chi connectivity index (χ2v) is 6.01. The maximum Gasteiger partial charge on any atom is 0.227 e. The molecule has 1 amide bonds. The van der Waals surface area contributed by atoms with Crippen molar-refractivity contribution in [3.8, 4) is 0 Å². The first-order valence-corrected chi connectivity index (χ1v) is 8.10. The van der Waals surface area contributed by atoms with Crippen molar-refractivity contribution >= 4 is 17.4 Å². The number of hydrogen-bond acceptors (Lipinski definition) is 5. The molecule has 22 heavy (non-hydrogen) atoms. The fourth-order valence-electron chi connectivity index (χ4n) is 3.14. The third kappa shape index (κ3) is 3.41. The molecule has 2 aliphatic heterocycles. The number of anilines is 2. The van der Waals surface area contributed by atoms with Crippen LogP contribution in [0, 0.1) is 5.92 Å². The average Bonchev–Trinajstić information content (AvgIpc) is 2.96. The van der Waals surface area contributed by atoms with Crippen LogP contribution in [0.5, 0.6) is 0 Å². The van der Waals surface area contributed by atoms with Gasteiger partial charge in [0.25, 0.3) is 0 Å². The van der Waals surface area contributed by atoms with Crippen molar-refractivity contribution in [2.75, 3.05) is 50.5 Å². The van der Waals surface area contributed by atoms with Crippen molar-refractivity contribution in [3.63, 3.8) is 0 Å². The van der Waals surface area contributed by atoms with Gasteiger partial charge in [-0.2, -0.15) is 5.10 Å². The van der Waals surface area contributed by atoms with Gasteiger partial charge in [0, 0.05) is 32.7 Å². The molecular formula is C15H25N5O2. The maximum atomic E-state index is 12.5. The number of nitrogens with zero attached hydrogens (tertiary/aromatic N) is 3. The monoisotopic (exact) mass is 307 g/mol. The molecule has 1 aromatic heterocycles. The van der Waals surface area contributed by atoms with Crippen LogP contribution in [-0.2, 0) is 16.1 Å². The predicted molar refractivity (Wildman–Crippen MR) is 85.0 cm³/mol. The van der Waals surface area contributed by atoms with Gasteiger partial charge in [-0.3, -0.25) is 4.79 Å². The number of aryl methyl sites for hydroxylation is 1. The number of carbonyl (C=O) groups is 1. The van der Waals surface area contributed by atoms with Gasteiger partial charge in [-0.25, -0.2) is 4.68 Å². The first-order chi connectivity index (χ1) is 10.8. The molecule has 0 unspecified atom stereocenters. The van der Waals surface area contributed by atoms with E-state index in [4.69, 9.17) is 4.74 Å². The van der Waals surface area contributed by atoms with E-state index in [1.54, 1.807) is 13.3 Å². The first-order valence-electron chi connectivity index (χ1n) is 8.10. The van der Waals surface area contributed by atoms with Crippen LogP contribution in [-0.4, -0.2) is 60.5 Å². The molecule has 122 valence electrons. The van der Waals surface area contributed by atoms with Crippen LogP contribution in [0.3, 0.4) is 0 Å². The largest absolute Gasteiger partial charge is 0.383 e. The van der Waals surface area contributed by atoms with Gasteiger partial charge < -0.3 is 20.3 Å². The molecule has 3 heterocycles. The summed E-state index contributed by atoms with van der Waals surface area (Å²) in [5.41, 5.74) is 0.812. The number of aromatic nitrogens is 2. The summed E-state index contributed by atoms with van der Waals surface area (Å²) in [5.74, 6) is 1.16. The summed E-state index contributed by atoms with van der Waals surface area (Å²) in [7, 11) is 1.72. The Kier molecular flexibility index (Phi) is 4.94. The van der Waals surface area contributed by atoms with E-state index >= 15 is 0 Å². The van der Waals surface area contributed by atoms with Crippen LogP contribution in [0.1, 0.15) is 19.3 Å². The third-order valence-corrected chi connectivity index (χ3v) is 4.51. The molecular weight excluding hydrogens is 282 g/mol. The van der Waals surface area contributed by atoms with E-state index in [2.05, 4.69) is 20.6 Å². The molecule has 0 radical (unpaired) electrons. The fraction of sp³-hybridized carbons (Fsp3) is 0.733. The summed E-state index contributed by atoms with van der Waals surface area (Å²) < 4.78 is 7.03. The van der Waals surface area contributed by atoms with Crippen LogP contribution in [0.15, 0.2) is 6.20 Å². The Labute approximate surface area is 131 Å². The number of rotatable bonds is 5. The van der Waals surface area contributed by atoms with Crippen molar-refractivity contribution < 1.29 is 9.53 Å². The smallest absolute Gasteiger partial charge is 0.227 e. The Morgan fingerprint density at radius 3 is 3.05 bits per heavy atom. The summed E-state index contributed by atoms with van der Waals surface area (Å²) in [5, 5.41) is 10.7. The fourth-order valence-corrected chi connectivity index (χ4v) is 3.14. The van der Waals surface area contributed by atoms with E-state index < -0.39 is 0 Å². The van der Waals surface area contributed by atoms with Gasteiger partial charge in [0.15, 0.2) is 0 Å². The molecule has 7 heteroatoms. The van der Waals surface area contributed by atoms with E-state index in [1.807, 2.05) is 4.68 Å². The molecule has 1 aromatic rings. The quantitative estimate of drug-likeness (QED) is 0.849. The highest BCUT2D eigenvalue weighted by molar-refractivity contribution is 5.95. The van der Waals surface area contributed by atoms with Crippen LogP contribution in [0.25, 0.3) is 0 Å². The number of fused-ring (bicyclic) bond motifs is 1. The second kappa shape index (κ2) is 7.11. The molecule has 2 N–H and O–H groups in total. The Morgan fingerprint density at radius 1 is 1.45 bits per heavy atom. The molecule has 1 fully saturated rings. The summed E-state index contributed by atoms with van der Waals surface area (Å²) in [6.07, 6.45) is 4.64. The SMILES string of the molecule is COCCN1CCC(C(=O)Nc2cnn3c2NCCC3)CC1. The van der Waals surface area contributed by atoms with Crippen molar-refractivity contribution in [1.29, 1.82) is 0 Å². The van der Waals surface area contributed by atoms with Crippen molar-refractivity contribution in [3.05, 3.63) is 6.20 Å². The lowest BCUT2D eigenvalue weighted by Gasteiger charge is -2.31. The zero-order valence-corrected chi connectivity index (χ0v) is 13.2. The van der Waals surface area contributed by atoms with Crippen molar-refractivity contribution in [1.82, 2.24) is 14.7 Å². The molecule has 0 aromatic carbocycles. The Morgan fingerprint density at radius 2 is 2.27 bits per heavy atom. The number of likely N-dealkylation sites (tertiary alicyclic amines) is 1. The van der Waals surface area contributed by atoms with E-state index in [0.29, 0.717) is 0 Å². The summed E-state index contributed by atoms with van der Waals surface area (Å²) in [6.45, 7) is 5.48. The van der Waals surface area contributed by atoms with E-state index in [-0.39, 0.29) is 11.8 Å². The number of carbonyl (C=O) groups excluding carboxylic acids is 1. The molecule has 0 bridgehead atoms. The molecule has 1 saturated heterocycles. The highest BCUT2D eigenvalue weighted by Gasteiger charge is 2.26. The maximum absolute atomic E-state index is 12.5. The van der Waals surface area contributed by atoms with Gasteiger partial charge in [0.05, 0.1) is 12.8 Å². The summed E-state index contributed by atoms with van der Waals surface area (Å²) >= 11 is 0. The molecule has 3 rings (SSSR count). The zero-order valence-electron chi connectivity index (χ0n) is 13.2. The van der Waals surface area contributed by atoms with Gasteiger partial charge in [0.2, 0.25) is 5.91 Å². The van der Waals surface area contributed by atoms with Gasteiger partial charge >= 0.3 is 0 Å². The summed E-state index contributed by atoms with van der Waals surface area (Å²) in [6, 6.07) is 0. The van der Waals surface area contributed by atoms with E-state index in [1.165, 1.54) is 0 Å². The molecule has 0 atom stereocenters. The van der Waals surface area contributed by atoms with Crippen LogP contribution in [0.4, 0.5) is 11.5 Å². The number of amides is 1. The van der Waals surface area contributed by atoms with Gasteiger partial charge in [0.1, 0.15) is 11.5 Å². The lowest BCUT2D eigenvalue weighted by Crippen LogP contribution is -2.39.